The fourth-order valence-corrected chi connectivity index (χ4v) is 2.89. The minimum Gasteiger partial charge on any atom is -0.468 e. The van der Waals surface area contributed by atoms with E-state index in [2.05, 4.69) is 22.5 Å². The highest BCUT2D eigenvalue weighted by molar-refractivity contribution is 9.11. The molecular weight excluding hydrogens is 300 g/mol. The van der Waals surface area contributed by atoms with Crippen molar-refractivity contribution in [3.8, 4) is 0 Å². The van der Waals surface area contributed by atoms with Crippen LogP contribution < -0.4 is 0 Å². The van der Waals surface area contributed by atoms with E-state index in [-0.39, 0.29) is 5.92 Å². The molecule has 0 radical (unpaired) electrons. The van der Waals surface area contributed by atoms with E-state index in [1.165, 1.54) is 14.2 Å². The molecule has 4 nitrogen and oxygen atoms in total. The van der Waals surface area contributed by atoms with Crippen molar-refractivity contribution in [3.05, 3.63) is 22.7 Å². The Morgan fingerprint density at radius 3 is 2.17 bits per heavy atom. The molecule has 0 saturated heterocycles. The summed E-state index contributed by atoms with van der Waals surface area (Å²) in [4.78, 5) is 25.7. The molecule has 1 aliphatic carbocycles. The summed E-state index contributed by atoms with van der Waals surface area (Å²) in [5.41, 5.74) is 0.626. The van der Waals surface area contributed by atoms with Crippen LogP contribution in [0.5, 0.6) is 0 Å². The molecule has 5 heteroatoms. The first kappa shape index (κ1) is 15.0. The summed E-state index contributed by atoms with van der Waals surface area (Å²) in [7, 11) is 2.55. The highest BCUT2D eigenvalue weighted by atomic mass is 79.9. The monoisotopic (exact) mass is 316 g/mol. The summed E-state index contributed by atoms with van der Waals surface area (Å²) in [6, 6.07) is 0. The second kappa shape index (κ2) is 5.69. The Morgan fingerprint density at radius 1 is 1.39 bits per heavy atom. The van der Waals surface area contributed by atoms with Crippen LogP contribution in [0.25, 0.3) is 0 Å². The first-order chi connectivity index (χ1) is 8.42. The van der Waals surface area contributed by atoms with E-state index in [4.69, 9.17) is 9.47 Å². The van der Waals surface area contributed by atoms with Crippen molar-refractivity contribution in [3.63, 3.8) is 0 Å². The highest BCUT2D eigenvalue weighted by Gasteiger charge is 2.55. The van der Waals surface area contributed by atoms with Crippen molar-refractivity contribution in [1.82, 2.24) is 0 Å². The second-order valence-corrected chi connectivity index (χ2v) is 4.99. The Bertz CT molecular complexity index is 395. The largest absolute Gasteiger partial charge is 0.468 e. The predicted molar refractivity (Wildman–Crippen MR) is 71.0 cm³/mol. The Hall–Kier alpha value is -1.10. The summed E-state index contributed by atoms with van der Waals surface area (Å²) in [5.74, 6) is -1.11. The van der Waals surface area contributed by atoms with Gasteiger partial charge in [-0.25, -0.2) is 0 Å². The number of allylic oxidation sites excluding steroid dienone is 2. The van der Waals surface area contributed by atoms with Crippen molar-refractivity contribution < 1.29 is 19.1 Å². The maximum atomic E-state index is 12.0. The predicted octanol–water partition coefficient (Wildman–Crippen LogP) is 2.58. The van der Waals surface area contributed by atoms with E-state index < -0.39 is 17.4 Å². The van der Waals surface area contributed by atoms with E-state index in [1.807, 2.05) is 6.92 Å². The van der Waals surface area contributed by atoms with Gasteiger partial charge in [0, 0.05) is 5.92 Å². The van der Waals surface area contributed by atoms with Gasteiger partial charge in [0.1, 0.15) is 0 Å². The van der Waals surface area contributed by atoms with Crippen LogP contribution in [0, 0.1) is 11.3 Å². The molecule has 0 aromatic carbocycles. The Balaban J connectivity index is 3.21. The summed E-state index contributed by atoms with van der Waals surface area (Å²) in [5, 5.41) is 0. The zero-order valence-corrected chi connectivity index (χ0v) is 12.4. The third-order valence-corrected chi connectivity index (χ3v) is 3.98. The minimum atomic E-state index is -1.24. The minimum absolute atomic E-state index is 0.0115. The molecule has 18 heavy (non-hydrogen) atoms. The number of ether oxygens (including phenoxy) is 2. The van der Waals surface area contributed by atoms with Crippen LogP contribution in [0.1, 0.15) is 19.8 Å². The number of carbonyl (C=O) groups excluding carboxylic acids is 2. The van der Waals surface area contributed by atoms with Gasteiger partial charge >= 0.3 is 11.9 Å². The topological polar surface area (TPSA) is 52.6 Å². The zero-order chi connectivity index (χ0) is 13.9. The number of halogens is 1. The molecule has 0 amide bonds. The van der Waals surface area contributed by atoms with Crippen LogP contribution in [-0.2, 0) is 19.1 Å². The lowest BCUT2D eigenvalue weighted by molar-refractivity contribution is -0.168. The zero-order valence-electron chi connectivity index (χ0n) is 10.8. The van der Waals surface area contributed by atoms with E-state index in [9.17, 15) is 9.59 Å². The summed E-state index contributed by atoms with van der Waals surface area (Å²) < 4.78 is 9.54. The van der Waals surface area contributed by atoms with Gasteiger partial charge in [0.25, 0.3) is 0 Å². The Kier molecular flexibility index (Phi) is 4.73. The summed E-state index contributed by atoms with van der Waals surface area (Å²) in [6.07, 6.45) is 0.647. The number of methoxy groups -OCH3 is 2. The molecule has 0 aliphatic heterocycles. The quantitative estimate of drug-likeness (QED) is 0.456. The molecule has 1 saturated carbocycles. The van der Waals surface area contributed by atoms with Crippen LogP contribution in [0.4, 0.5) is 0 Å². The first-order valence-corrected chi connectivity index (χ1v) is 6.46. The number of esters is 2. The summed E-state index contributed by atoms with van der Waals surface area (Å²) in [6.45, 7) is 5.79. The molecule has 0 aromatic rings. The molecule has 0 bridgehead atoms. The van der Waals surface area contributed by atoms with E-state index in [0.717, 1.165) is 11.1 Å². The molecule has 1 fully saturated rings. The van der Waals surface area contributed by atoms with Crippen LogP contribution in [-0.4, -0.2) is 26.2 Å². The smallest absolute Gasteiger partial charge is 0.323 e. The van der Waals surface area contributed by atoms with Crippen molar-refractivity contribution >= 4 is 27.9 Å². The van der Waals surface area contributed by atoms with Gasteiger partial charge in [-0.2, -0.15) is 0 Å². The van der Waals surface area contributed by atoms with Gasteiger partial charge in [0.05, 0.1) is 14.2 Å². The van der Waals surface area contributed by atoms with Crippen LogP contribution >= 0.6 is 15.9 Å². The van der Waals surface area contributed by atoms with Gasteiger partial charge in [-0.05, 0) is 24.8 Å². The van der Waals surface area contributed by atoms with Gasteiger partial charge in [0.15, 0.2) is 5.41 Å². The van der Waals surface area contributed by atoms with Crippen LogP contribution in [0.2, 0.25) is 0 Å². The number of rotatable bonds is 3. The number of hydrogen-bond acceptors (Lipinski definition) is 4. The number of hydrogen-bond donors (Lipinski definition) is 0. The first-order valence-electron chi connectivity index (χ1n) is 5.54. The third-order valence-electron chi connectivity index (χ3n) is 3.39. The number of carbonyl (C=O) groups is 2. The maximum Gasteiger partial charge on any atom is 0.323 e. The normalized spacial score (nSPS) is 23.8. The highest BCUT2D eigenvalue weighted by Crippen LogP contribution is 2.49. The lowest BCUT2D eigenvalue weighted by atomic mass is 9.84. The fourth-order valence-electron chi connectivity index (χ4n) is 2.41. The van der Waals surface area contributed by atoms with Crippen LogP contribution in [0.15, 0.2) is 22.7 Å². The Labute approximate surface area is 115 Å². The van der Waals surface area contributed by atoms with Crippen molar-refractivity contribution in [1.29, 1.82) is 0 Å². The van der Waals surface area contributed by atoms with Gasteiger partial charge in [-0.3, -0.25) is 9.59 Å². The molecule has 0 heterocycles. The molecule has 1 atom stereocenters. The molecule has 100 valence electrons. The third kappa shape index (κ3) is 2.36. The second-order valence-electron chi connectivity index (χ2n) is 4.53. The van der Waals surface area contributed by atoms with Crippen molar-refractivity contribution in [2.75, 3.05) is 14.2 Å². The fraction of sp³-hybridized carbons (Fsp3) is 0.538. The lowest BCUT2D eigenvalue weighted by Crippen LogP contribution is -2.39. The molecule has 1 rings (SSSR count). The van der Waals surface area contributed by atoms with Crippen molar-refractivity contribution in [2.24, 2.45) is 11.3 Å². The molecular formula is C13H17BrO4. The van der Waals surface area contributed by atoms with E-state index in [1.54, 1.807) is 4.99 Å². The molecule has 0 aromatic heterocycles. The average Bonchev–Trinajstić information content (AvgIpc) is 2.77. The Morgan fingerprint density at radius 2 is 1.89 bits per heavy atom. The maximum absolute atomic E-state index is 12.0. The van der Waals surface area contributed by atoms with Gasteiger partial charge < -0.3 is 9.47 Å². The average molecular weight is 317 g/mol. The molecule has 1 unspecified atom stereocenters. The summed E-state index contributed by atoms with van der Waals surface area (Å²) >= 11 is 3.27. The molecule has 0 N–H and O–H groups in total. The van der Waals surface area contributed by atoms with Crippen molar-refractivity contribution in [2.45, 2.75) is 19.8 Å². The molecule has 0 spiro atoms. The van der Waals surface area contributed by atoms with Crippen LogP contribution in [0.3, 0.4) is 0 Å². The van der Waals surface area contributed by atoms with Gasteiger partial charge in [-0.1, -0.05) is 33.7 Å². The lowest BCUT2D eigenvalue weighted by Gasteiger charge is -2.22. The SMILES string of the molecule is C=C(C)C1CC(C(=O)OC)(C(=O)OC)C/C1=C\Br. The standard InChI is InChI=1S/C13H17BrO4/c1-8(2)10-6-13(11(15)17-3,12(16)18-4)5-9(10)7-14/h7,10H,1,5-6H2,2-4H3/b9-7+. The molecule has 1 aliphatic rings. The van der Waals surface area contributed by atoms with E-state index >= 15 is 0 Å². The van der Waals surface area contributed by atoms with Gasteiger partial charge in [0.2, 0.25) is 0 Å². The van der Waals surface area contributed by atoms with E-state index in [0.29, 0.717) is 12.8 Å². The van der Waals surface area contributed by atoms with Gasteiger partial charge in [-0.15, -0.1) is 0 Å².